The highest BCUT2D eigenvalue weighted by Gasteiger charge is 2.28. The van der Waals surface area contributed by atoms with E-state index in [9.17, 15) is 4.79 Å². The van der Waals surface area contributed by atoms with Gasteiger partial charge >= 0.3 is 0 Å². The molecule has 0 rings (SSSR count). The molecule has 0 aromatic rings. The number of hydroxylamine groups is 1. The summed E-state index contributed by atoms with van der Waals surface area (Å²) in [4.78, 5) is 16.6. The Morgan fingerprint density at radius 1 is 1.21 bits per heavy atom. The fourth-order valence-electron chi connectivity index (χ4n) is 0.660. The van der Waals surface area contributed by atoms with Gasteiger partial charge in [-0.2, -0.15) is 0 Å². The van der Waals surface area contributed by atoms with Crippen molar-refractivity contribution in [2.75, 3.05) is 0 Å². The summed E-state index contributed by atoms with van der Waals surface area (Å²) in [6.45, 7) is 11.3. The van der Waals surface area contributed by atoms with Gasteiger partial charge in [-0.15, -0.1) is 0 Å². The Kier molecular flexibility index (Phi) is 4.09. The minimum atomic E-state index is -0.565. The highest BCUT2D eigenvalue weighted by atomic mass is 16.7. The molecule has 0 bridgehead atoms. The number of nitrogens with one attached hydrogen (secondary N) is 1. The van der Waals surface area contributed by atoms with E-state index in [1.807, 2.05) is 41.5 Å². The molecule has 0 aliphatic rings. The molecule has 84 valence electrons. The zero-order valence-corrected chi connectivity index (χ0v) is 9.97. The summed E-state index contributed by atoms with van der Waals surface area (Å²) in [6, 6.07) is -0.565. The lowest BCUT2D eigenvalue weighted by Gasteiger charge is -2.27. The van der Waals surface area contributed by atoms with Gasteiger partial charge < -0.3 is 5.73 Å². The second-order valence-electron chi connectivity index (χ2n) is 5.52. The van der Waals surface area contributed by atoms with Crippen molar-refractivity contribution in [2.24, 2.45) is 11.1 Å². The van der Waals surface area contributed by atoms with Crippen LogP contribution in [0.1, 0.15) is 41.5 Å². The average molecular weight is 202 g/mol. The third kappa shape index (κ3) is 5.19. The van der Waals surface area contributed by atoms with E-state index in [1.54, 1.807) is 0 Å². The molecule has 4 nitrogen and oxygen atoms in total. The summed E-state index contributed by atoms with van der Waals surface area (Å²) in [6.07, 6.45) is 0. The summed E-state index contributed by atoms with van der Waals surface area (Å²) >= 11 is 0. The quantitative estimate of drug-likeness (QED) is 0.661. The molecule has 14 heavy (non-hydrogen) atoms. The van der Waals surface area contributed by atoms with Gasteiger partial charge in [-0.3, -0.25) is 9.63 Å². The van der Waals surface area contributed by atoms with Crippen molar-refractivity contribution < 1.29 is 9.63 Å². The van der Waals surface area contributed by atoms with Crippen molar-refractivity contribution >= 4 is 5.91 Å². The van der Waals surface area contributed by atoms with Crippen LogP contribution in [0.4, 0.5) is 0 Å². The van der Waals surface area contributed by atoms with Crippen LogP contribution in [0, 0.1) is 5.41 Å². The van der Waals surface area contributed by atoms with Crippen LogP contribution < -0.4 is 11.2 Å². The zero-order valence-electron chi connectivity index (χ0n) is 9.97. The van der Waals surface area contributed by atoms with Crippen LogP contribution in [-0.2, 0) is 9.63 Å². The highest BCUT2D eigenvalue weighted by molar-refractivity contribution is 5.81. The van der Waals surface area contributed by atoms with Gasteiger partial charge in [0.1, 0.15) is 0 Å². The maximum absolute atomic E-state index is 11.5. The lowest BCUT2D eigenvalue weighted by molar-refractivity contribution is -0.149. The number of rotatable bonds is 2. The molecule has 0 aliphatic carbocycles. The summed E-state index contributed by atoms with van der Waals surface area (Å²) in [7, 11) is 0. The Morgan fingerprint density at radius 2 is 1.64 bits per heavy atom. The summed E-state index contributed by atoms with van der Waals surface area (Å²) in [5, 5.41) is 0. The van der Waals surface area contributed by atoms with E-state index >= 15 is 0 Å². The zero-order chi connectivity index (χ0) is 11.6. The maximum atomic E-state index is 11.5. The summed E-state index contributed by atoms with van der Waals surface area (Å²) < 4.78 is 0. The molecule has 1 atom stereocenters. The van der Waals surface area contributed by atoms with Gasteiger partial charge in [-0.25, -0.2) is 5.48 Å². The molecule has 0 unspecified atom stereocenters. The molecular weight excluding hydrogens is 180 g/mol. The molecule has 3 N–H and O–H groups in total. The van der Waals surface area contributed by atoms with Gasteiger partial charge in [0.2, 0.25) is 0 Å². The predicted octanol–water partition coefficient (Wildman–Crippen LogP) is 1.21. The Morgan fingerprint density at radius 3 is 1.93 bits per heavy atom. The first-order valence-corrected chi connectivity index (χ1v) is 4.77. The van der Waals surface area contributed by atoms with Crippen molar-refractivity contribution in [3.05, 3.63) is 0 Å². The largest absolute Gasteiger partial charge is 0.319 e. The van der Waals surface area contributed by atoms with Gasteiger partial charge in [-0.05, 0) is 26.2 Å². The molecule has 1 amide bonds. The molecule has 0 aliphatic heterocycles. The van der Waals surface area contributed by atoms with E-state index in [0.29, 0.717) is 0 Å². The van der Waals surface area contributed by atoms with Crippen LogP contribution in [0.15, 0.2) is 0 Å². The number of hydrogen-bond donors (Lipinski definition) is 2. The van der Waals surface area contributed by atoms with Crippen molar-refractivity contribution in [3.8, 4) is 0 Å². The van der Waals surface area contributed by atoms with E-state index in [2.05, 4.69) is 5.48 Å². The first kappa shape index (κ1) is 13.4. The Bertz CT molecular complexity index is 201. The normalized spacial score (nSPS) is 15.1. The molecular formula is C10H22N2O2. The molecule has 0 fully saturated rings. The van der Waals surface area contributed by atoms with Crippen molar-refractivity contribution in [1.82, 2.24) is 5.48 Å². The van der Waals surface area contributed by atoms with Crippen LogP contribution in [0.25, 0.3) is 0 Å². The Hall–Kier alpha value is -0.610. The van der Waals surface area contributed by atoms with Crippen molar-refractivity contribution in [3.63, 3.8) is 0 Å². The van der Waals surface area contributed by atoms with E-state index in [1.165, 1.54) is 0 Å². The number of carbonyl (C=O) groups is 1. The highest BCUT2D eigenvalue weighted by Crippen LogP contribution is 2.17. The average Bonchev–Trinajstić information content (AvgIpc) is 1.95. The second-order valence-corrected chi connectivity index (χ2v) is 5.52. The SMILES string of the molecule is CC(C)(C)ONC(=O)[C@H](N)C(C)(C)C. The maximum Gasteiger partial charge on any atom is 0.260 e. The molecule has 0 aromatic heterocycles. The fourth-order valence-corrected chi connectivity index (χ4v) is 0.660. The van der Waals surface area contributed by atoms with Crippen LogP contribution in [-0.4, -0.2) is 17.6 Å². The second kappa shape index (κ2) is 4.28. The number of nitrogens with two attached hydrogens (primary N) is 1. The molecule has 0 heterocycles. The topological polar surface area (TPSA) is 64.3 Å². The standard InChI is InChI=1S/C10H22N2O2/c1-9(2,3)7(11)8(13)12-14-10(4,5)6/h7H,11H2,1-6H3,(H,12,13)/t7-/m0/s1. The van der Waals surface area contributed by atoms with E-state index in [-0.39, 0.29) is 11.3 Å². The Labute approximate surface area is 86.1 Å². The Balaban J connectivity index is 4.11. The lowest BCUT2D eigenvalue weighted by Crippen LogP contribution is -2.50. The monoisotopic (exact) mass is 202 g/mol. The van der Waals surface area contributed by atoms with Crippen LogP contribution in [0.3, 0.4) is 0 Å². The van der Waals surface area contributed by atoms with E-state index in [4.69, 9.17) is 10.6 Å². The van der Waals surface area contributed by atoms with Gasteiger partial charge in [0.15, 0.2) is 0 Å². The van der Waals surface area contributed by atoms with Crippen molar-refractivity contribution in [2.45, 2.75) is 53.2 Å². The molecule has 0 spiro atoms. The number of amides is 1. The molecule has 0 aromatic carbocycles. The van der Waals surface area contributed by atoms with E-state index in [0.717, 1.165) is 0 Å². The minimum absolute atomic E-state index is 0.259. The van der Waals surface area contributed by atoms with Crippen LogP contribution in [0.2, 0.25) is 0 Å². The van der Waals surface area contributed by atoms with Crippen LogP contribution >= 0.6 is 0 Å². The van der Waals surface area contributed by atoms with Crippen LogP contribution in [0.5, 0.6) is 0 Å². The van der Waals surface area contributed by atoms with Gasteiger partial charge in [-0.1, -0.05) is 20.8 Å². The first-order chi connectivity index (χ1) is 6.04. The molecule has 4 heteroatoms. The summed E-state index contributed by atoms with van der Waals surface area (Å²) in [5.74, 6) is -0.285. The van der Waals surface area contributed by atoms with Gasteiger partial charge in [0, 0.05) is 0 Å². The summed E-state index contributed by atoms with van der Waals surface area (Å²) in [5.41, 5.74) is 7.44. The van der Waals surface area contributed by atoms with Gasteiger partial charge in [0.25, 0.3) is 5.91 Å². The molecule has 0 saturated heterocycles. The third-order valence-corrected chi connectivity index (χ3v) is 1.67. The van der Waals surface area contributed by atoms with Crippen molar-refractivity contribution in [1.29, 1.82) is 0 Å². The smallest absolute Gasteiger partial charge is 0.260 e. The number of hydrogen-bond acceptors (Lipinski definition) is 3. The van der Waals surface area contributed by atoms with Gasteiger partial charge in [0.05, 0.1) is 11.6 Å². The number of carbonyl (C=O) groups excluding carboxylic acids is 1. The first-order valence-electron chi connectivity index (χ1n) is 4.77. The minimum Gasteiger partial charge on any atom is -0.319 e. The predicted molar refractivity (Wildman–Crippen MR) is 56.4 cm³/mol. The third-order valence-electron chi connectivity index (χ3n) is 1.67. The molecule has 0 saturated carbocycles. The fraction of sp³-hybridized carbons (Fsp3) is 0.900. The van der Waals surface area contributed by atoms with E-state index < -0.39 is 11.6 Å². The lowest BCUT2D eigenvalue weighted by atomic mass is 9.87. The molecule has 0 radical (unpaired) electrons.